The smallest absolute Gasteiger partial charge is 0.672 e. The third kappa shape index (κ3) is 43.0. The Kier molecular flexibility index (Phi) is 43.3. The zero-order valence-electron chi connectivity index (χ0n) is 14.8. The maximum atomic E-state index is 8.52. The van der Waals surface area contributed by atoms with Crippen molar-refractivity contribution < 1.29 is 83.0 Å². The summed E-state index contributed by atoms with van der Waals surface area (Å²) < 4.78 is 13.7. The Labute approximate surface area is 181 Å². The summed E-state index contributed by atoms with van der Waals surface area (Å²) in [6.45, 7) is 3.73. The maximum Gasteiger partial charge on any atom is 1.00 e. The first-order valence-electron chi connectivity index (χ1n) is 7.71. The summed E-state index contributed by atoms with van der Waals surface area (Å²) in [5, 5.41) is 8.50. The average Bonchev–Trinajstić information content (AvgIpc) is 2.39. The Hall–Kier alpha value is 1.54. The van der Waals surface area contributed by atoms with Gasteiger partial charge in [-0.25, -0.2) is 0 Å². The van der Waals surface area contributed by atoms with Crippen LogP contribution in [0, 0.1) is 0 Å². The van der Waals surface area contributed by atoms with Crippen LogP contribution in [0.2, 0.25) is 0 Å². The fourth-order valence-corrected chi connectivity index (χ4v) is 1.86. The molecule has 0 aliphatic rings. The molecule has 8 heteroatoms. The van der Waals surface area contributed by atoms with Crippen LogP contribution >= 0.6 is 0 Å². The summed E-state index contributed by atoms with van der Waals surface area (Å²) in [6.07, 6.45) is 13.6. The predicted octanol–water partition coefficient (Wildman–Crippen LogP) is -4.95. The molecule has 0 atom stereocenters. The second-order valence-electron chi connectivity index (χ2n) is 4.77. The van der Waals surface area contributed by atoms with E-state index in [1.165, 1.54) is 57.8 Å². The van der Waals surface area contributed by atoms with Gasteiger partial charge in [0.1, 0.15) is 0 Å². The van der Waals surface area contributed by atoms with Gasteiger partial charge in [0, 0.05) is 15.8 Å². The molecule has 0 spiro atoms. The topological polar surface area (TPSA) is 92.7 Å². The number of aliphatic hydroxyl groups is 1. The number of hydrogen-bond donors (Lipinski definition) is 1. The van der Waals surface area contributed by atoms with Gasteiger partial charge in [-0.05, 0) is 6.42 Å². The van der Waals surface area contributed by atoms with E-state index in [0.29, 0.717) is 6.61 Å². The minimum absolute atomic E-state index is 0. The van der Waals surface area contributed by atoms with Gasteiger partial charge in [0.05, 0.1) is 13.2 Å². The van der Waals surface area contributed by atoms with Crippen molar-refractivity contribution in [2.45, 2.75) is 71.1 Å². The maximum absolute atomic E-state index is 8.52. The number of rotatable bonds is 13. The average molecular weight is 352 g/mol. The summed E-state index contributed by atoms with van der Waals surface area (Å²) in [6, 6.07) is 0. The Morgan fingerprint density at radius 2 is 1.18 bits per heavy atom. The normalized spacial score (nSPS) is 9.00. The van der Waals surface area contributed by atoms with Gasteiger partial charge in [-0.15, -0.1) is 0 Å². The van der Waals surface area contributed by atoms with Gasteiger partial charge >= 0.3 is 59.1 Å². The standard InChI is InChI=1S/C14H30O2.2Na.O3Si/c1-2-3-4-5-6-7-8-9-10-11-13-16-14-12-15;;;1-4(2)3/h15H,2-14H2,1H3;;;/q;2*+1;-2. The van der Waals surface area contributed by atoms with Gasteiger partial charge < -0.3 is 23.9 Å². The van der Waals surface area contributed by atoms with E-state index in [2.05, 4.69) is 6.92 Å². The van der Waals surface area contributed by atoms with Gasteiger partial charge in [-0.3, -0.25) is 0 Å². The van der Waals surface area contributed by atoms with Crippen molar-refractivity contribution in [2.75, 3.05) is 19.8 Å². The molecule has 0 aliphatic carbocycles. The number of ether oxygens (including phenoxy) is 1. The molecular formula is C14H30Na2O5Si. The summed E-state index contributed by atoms with van der Waals surface area (Å²) in [7, 11) is -3.63. The first-order chi connectivity index (χ1) is 9.65. The van der Waals surface area contributed by atoms with Crippen LogP contribution in [-0.2, 0) is 9.20 Å². The van der Waals surface area contributed by atoms with E-state index in [1.807, 2.05) is 0 Å². The van der Waals surface area contributed by atoms with E-state index in [4.69, 9.17) is 23.9 Å². The Balaban J connectivity index is -0.000000240. The van der Waals surface area contributed by atoms with Gasteiger partial charge in [0.15, 0.2) is 0 Å². The van der Waals surface area contributed by atoms with Crippen LogP contribution in [0.25, 0.3) is 0 Å². The molecule has 0 aromatic carbocycles. The van der Waals surface area contributed by atoms with Crippen LogP contribution in [-0.4, -0.2) is 34.1 Å². The zero-order valence-corrected chi connectivity index (χ0v) is 19.8. The van der Waals surface area contributed by atoms with E-state index in [-0.39, 0.29) is 65.7 Å². The quantitative estimate of drug-likeness (QED) is 0.265. The molecule has 0 saturated carbocycles. The molecule has 0 rings (SSSR count). The first kappa shape index (κ1) is 31.3. The molecule has 0 aromatic rings. The third-order valence-corrected chi connectivity index (χ3v) is 2.88. The minimum atomic E-state index is -3.63. The SMILES string of the molecule is CCCCCCCCCCCCOCCO.O=[Si]([O-])[O-].[Na+].[Na+]. The first-order valence-corrected chi connectivity index (χ1v) is 8.94. The van der Waals surface area contributed by atoms with Crippen LogP contribution in [0.4, 0.5) is 0 Å². The molecule has 1 N–H and O–H groups in total. The Bertz CT molecular complexity index is 182. The third-order valence-electron chi connectivity index (χ3n) is 2.88. The van der Waals surface area contributed by atoms with E-state index in [1.54, 1.807) is 0 Å². The van der Waals surface area contributed by atoms with Crippen LogP contribution in [0.15, 0.2) is 0 Å². The van der Waals surface area contributed by atoms with Crippen molar-refractivity contribution >= 4 is 9.17 Å². The Morgan fingerprint density at radius 3 is 1.55 bits per heavy atom. The van der Waals surface area contributed by atoms with Gasteiger partial charge in [0.25, 0.3) is 0 Å². The molecule has 0 amide bonds. The number of unbranched alkanes of at least 4 members (excludes halogenated alkanes) is 9. The van der Waals surface area contributed by atoms with Crippen molar-refractivity contribution in [3.63, 3.8) is 0 Å². The van der Waals surface area contributed by atoms with Gasteiger partial charge in [0.2, 0.25) is 0 Å². The van der Waals surface area contributed by atoms with E-state index < -0.39 is 9.17 Å². The largest absolute Gasteiger partial charge is 1.00 e. The second-order valence-corrected chi connectivity index (χ2v) is 5.27. The minimum Gasteiger partial charge on any atom is -0.672 e. The molecule has 0 aliphatic heterocycles. The fraction of sp³-hybridized carbons (Fsp3) is 1.00. The molecule has 0 unspecified atom stereocenters. The molecule has 0 aromatic heterocycles. The van der Waals surface area contributed by atoms with Crippen molar-refractivity contribution in [1.82, 2.24) is 0 Å². The molecule has 0 fully saturated rings. The van der Waals surface area contributed by atoms with Crippen LogP contribution in [0.5, 0.6) is 0 Å². The molecule has 122 valence electrons. The summed E-state index contributed by atoms with van der Waals surface area (Å²) in [5.41, 5.74) is 0. The van der Waals surface area contributed by atoms with Crippen LogP contribution in [0.3, 0.4) is 0 Å². The van der Waals surface area contributed by atoms with E-state index in [0.717, 1.165) is 13.0 Å². The number of aliphatic hydroxyl groups excluding tert-OH is 1. The Morgan fingerprint density at radius 1 is 0.818 bits per heavy atom. The van der Waals surface area contributed by atoms with Crippen molar-refractivity contribution in [1.29, 1.82) is 0 Å². The van der Waals surface area contributed by atoms with Crippen molar-refractivity contribution in [3.8, 4) is 0 Å². The summed E-state index contributed by atoms with van der Waals surface area (Å²) >= 11 is 0. The summed E-state index contributed by atoms with van der Waals surface area (Å²) in [4.78, 5) is 17.0. The van der Waals surface area contributed by atoms with E-state index in [9.17, 15) is 0 Å². The molecular weight excluding hydrogens is 322 g/mol. The van der Waals surface area contributed by atoms with Crippen LogP contribution < -0.4 is 68.7 Å². The monoisotopic (exact) mass is 352 g/mol. The van der Waals surface area contributed by atoms with Crippen LogP contribution in [0.1, 0.15) is 71.1 Å². The molecule has 22 heavy (non-hydrogen) atoms. The number of hydrogen-bond acceptors (Lipinski definition) is 5. The van der Waals surface area contributed by atoms with Crippen molar-refractivity contribution in [3.05, 3.63) is 0 Å². The zero-order chi connectivity index (χ0) is 15.5. The molecule has 0 radical (unpaired) electrons. The van der Waals surface area contributed by atoms with Crippen molar-refractivity contribution in [2.24, 2.45) is 0 Å². The summed E-state index contributed by atoms with van der Waals surface area (Å²) in [5.74, 6) is 0. The second kappa shape index (κ2) is 30.4. The van der Waals surface area contributed by atoms with E-state index >= 15 is 0 Å². The molecule has 5 nitrogen and oxygen atoms in total. The molecule has 0 heterocycles. The fourth-order valence-electron chi connectivity index (χ4n) is 1.86. The van der Waals surface area contributed by atoms with Gasteiger partial charge in [-0.2, -0.15) is 0 Å². The molecule has 0 bridgehead atoms. The molecule has 0 saturated heterocycles. The predicted molar refractivity (Wildman–Crippen MR) is 76.2 cm³/mol. The van der Waals surface area contributed by atoms with Gasteiger partial charge in [-0.1, -0.05) is 64.7 Å².